The van der Waals surface area contributed by atoms with Crippen LogP contribution in [0.2, 0.25) is 0 Å². The molecule has 0 saturated heterocycles. The molecule has 7 heteroatoms. The van der Waals surface area contributed by atoms with Gasteiger partial charge in [0.25, 0.3) is 0 Å². The lowest BCUT2D eigenvalue weighted by Crippen LogP contribution is -3.00. The lowest BCUT2D eigenvalue weighted by atomic mass is 9.97. The Morgan fingerprint density at radius 1 is 1.19 bits per heavy atom. The van der Waals surface area contributed by atoms with Crippen molar-refractivity contribution in [2.24, 2.45) is 0 Å². The van der Waals surface area contributed by atoms with E-state index in [9.17, 15) is 4.79 Å². The summed E-state index contributed by atoms with van der Waals surface area (Å²) in [7, 11) is 0. The molecule has 1 aliphatic heterocycles. The lowest BCUT2D eigenvalue weighted by molar-refractivity contribution is -0.722. The number of rotatable bonds is 2. The molecule has 0 fully saturated rings. The molecule has 0 N–H and O–H groups in total. The van der Waals surface area contributed by atoms with Crippen LogP contribution in [0.5, 0.6) is 0 Å². The number of benzene rings is 1. The van der Waals surface area contributed by atoms with Gasteiger partial charge in [-0.25, -0.2) is 9.36 Å². The third-order valence-electron chi connectivity index (χ3n) is 5.15. The van der Waals surface area contributed by atoms with E-state index >= 15 is 0 Å². The number of thiophene rings is 1. The van der Waals surface area contributed by atoms with Crippen molar-refractivity contribution in [3.05, 3.63) is 51.1 Å². The van der Waals surface area contributed by atoms with Crippen LogP contribution in [0.1, 0.15) is 29.3 Å². The minimum absolute atomic E-state index is 0. The van der Waals surface area contributed by atoms with Crippen LogP contribution in [0, 0.1) is 0 Å². The molecule has 2 aliphatic rings. The van der Waals surface area contributed by atoms with E-state index in [1.807, 2.05) is 46.2 Å². The summed E-state index contributed by atoms with van der Waals surface area (Å²) in [5.74, 6) is 1.01. The van der Waals surface area contributed by atoms with Crippen LogP contribution >= 0.6 is 39.0 Å². The Balaban J connectivity index is 0.00000168. The molecule has 3 aromatic rings. The lowest BCUT2D eigenvalue weighted by Gasteiger charge is -2.11. The SMILES string of the molecule is O=c1c2c3c(sc2[n+]2c(n1-c1ccccc1)SCC2CBr)CCCC3.[Br-]. The van der Waals surface area contributed by atoms with Gasteiger partial charge in [-0.15, -0.1) is 0 Å². The summed E-state index contributed by atoms with van der Waals surface area (Å²) in [4.78, 5) is 16.2. The van der Waals surface area contributed by atoms with Gasteiger partial charge in [-0.3, -0.25) is 0 Å². The zero-order chi connectivity index (χ0) is 17.0. The minimum atomic E-state index is 0. The molecule has 0 spiro atoms. The van der Waals surface area contributed by atoms with Crippen LogP contribution in [0.15, 0.2) is 40.3 Å². The molecule has 26 heavy (non-hydrogen) atoms. The Kier molecular flexibility index (Phi) is 5.34. The van der Waals surface area contributed by atoms with Crippen molar-refractivity contribution >= 4 is 49.2 Å². The Hall–Kier alpha value is -0.630. The number of hydrogen-bond acceptors (Lipinski definition) is 3. The first-order valence-corrected chi connectivity index (χ1v) is 11.6. The Morgan fingerprint density at radius 3 is 2.73 bits per heavy atom. The highest BCUT2D eigenvalue weighted by Gasteiger charge is 2.38. The molecule has 1 atom stereocenters. The van der Waals surface area contributed by atoms with Crippen molar-refractivity contribution in [1.82, 2.24) is 4.57 Å². The normalized spacial score (nSPS) is 18.4. The van der Waals surface area contributed by atoms with Crippen LogP contribution in [-0.4, -0.2) is 15.7 Å². The Bertz CT molecular complexity index is 1030. The number of thioether (sulfide) groups is 1. The zero-order valence-corrected chi connectivity index (χ0v) is 18.9. The van der Waals surface area contributed by atoms with Gasteiger partial charge >= 0.3 is 10.7 Å². The molecule has 5 rings (SSSR count). The number of aryl methyl sites for hydroxylation is 2. The van der Waals surface area contributed by atoms with E-state index in [4.69, 9.17) is 0 Å². The molecule has 1 aliphatic carbocycles. The van der Waals surface area contributed by atoms with E-state index < -0.39 is 0 Å². The highest BCUT2D eigenvalue weighted by Crippen LogP contribution is 2.37. The van der Waals surface area contributed by atoms with E-state index in [1.165, 1.54) is 28.1 Å². The maximum atomic E-state index is 13.5. The minimum Gasteiger partial charge on any atom is -1.00 e. The summed E-state index contributed by atoms with van der Waals surface area (Å²) in [6.07, 6.45) is 4.61. The second-order valence-corrected chi connectivity index (χ2v) is 9.36. The summed E-state index contributed by atoms with van der Waals surface area (Å²) < 4.78 is 4.36. The van der Waals surface area contributed by atoms with Crippen LogP contribution in [0.3, 0.4) is 0 Å². The first-order chi connectivity index (χ1) is 12.3. The molecule has 0 radical (unpaired) electrons. The molecular weight excluding hydrogens is 496 g/mol. The number of fused-ring (bicyclic) bond motifs is 5. The number of aromatic nitrogens is 2. The highest BCUT2D eigenvalue weighted by molar-refractivity contribution is 9.09. The molecular formula is C19H18Br2N2OS2. The second kappa shape index (κ2) is 7.41. The number of halogens is 2. The Labute approximate surface area is 179 Å². The first kappa shape index (κ1) is 18.7. The molecule has 1 unspecified atom stereocenters. The summed E-state index contributed by atoms with van der Waals surface area (Å²) in [5, 5.41) is 2.97. The summed E-state index contributed by atoms with van der Waals surface area (Å²) in [5.41, 5.74) is 2.45. The smallest absolute Gasteiger partial charge is 0.352 e. The molecule has 136 valence electrons. The van der Waals surface area contributed by atoms with Crippen LogP contribution in [0.4, 0.5) is 0 Å². The third kappa shape index (κ3) is 2.74. The van der Waals surface area contributed by atoms with E-state index in [1.54, 1.807) is 11.8 Å². The molecule has 2 aromatic heterocycles. The fourth-order valence-electron chi connectivity index (χ4n) is 3.95. The van der Waals surface area contributed by atoms with E-state index in [0.717, 1.165) is 40.2 Å². The van der Waals surface area contributed by atoms with Gasteiger partial charge in [0.15, 0.2) is 4.83 Å². The van der Waals surface area contributed by atoms with Gasteiger partial charge in [0, 0.05) is 16.0 Å². The maximum Gasteiger partial charge on any atom is 0.352 e. The number of hydrogen-bond donors (Lipinski definition) is 0. The van der Waals surface area contributed by atoms with Gasteiger partial charge in [-0.2, -0.15) is 4.57 Å². The van der Waals surface area contributed by atoms with Crippen LogP contribution in [-0.2, 0) is 12.8 Å². The predicted octanol–water partition coefficient (Wildman–Crippen LogP) is 1.26. The maximum absolute atomic E-state index is 13.5. The zero-order valence-electron chi connectivity index (χ0n) is 14.1. The Morgan fingerprint density at radius 2 is 1.96 bits per heavy atom. The fraction of sp³-hybridized carbons (Fsp3) is 0.368. The van der Waals surface area contributed by atoms with Gasteiger partial charge in [0.1, 0.15) is 17.1 Å². The summed E-state index contributed by atoms with van der Waals surface area (Å²) >= 11 is 7.34. The predicted molar refractivity (Wildman–Crippen MR) is 108 cm³/mol. The summed E-state index contributed by atoms with van der Waals surface area (Å²) in [6.45, 7) is 0. The van der Waals surface area contributed by atoms with Crippen molar-refractivity contribution < 1.29 is 21.5 Å². The molecule has 1 aromatic carbocycles. The molecule has 3 nitrogen and oxygen atoms in total. The largest absolute Gasteiger partial charge is 1.00 e. The number of nitrogens with zero attached hydrogens (tertiary/aromatic N) is 2. The van der Waals surface area contributed by atoms with Crippen molar-refractivity contribution in [1.29, 1.82) is 0 Å². The van der Waals surface area contributed by atoms with Gasteiger partial charge in [-0.05, 0) is 55.1 Å². The molecule has 0 bridgehead atoms. The number of para-hydroxylation sites is 1. The van der Waals surface area contributed by atoms with Crippen LogP contribution in [0.25, 0.3) is 15.9 Å². The van der Waals surface area contributed by atoms with E-state index in [-0.39, 0.29) is 22.5 Å². The van der Waals surface area contributed by atoms with E-state index in [0.29, 0.717) is 6.04 Å². The van der Waals surface area contributed by atoms with Gasteiger partial charge in [0.2, 0.25) is 0 Å². The molecule has 0 amide bonds. The molecule has 3 heterocycles. The monoisotopic (exact) mass is 512 g/mol. The van der Waals surface area contributed by atoms with Crippen molar-refractivity contribution in [3.63, 3.8) is 0 Å². The highest BCUT2D eigenvalue weighted by atomic mass is 79.9. The van der Waals surface area contributed by atoms with Crippen molar-refractivity contribution in [3.8, 4) is 5.69 Å². The average Bonchev–Trinajstić information content (AvgIpc) is 3.24. The van der Waals surface area contributed by atoms with Gasteiger partial charge in [0.05, 0.1) is 0 Å². The van der Waals surface area contributed by atoms with Crippen molar-refractivity contribution in [2.45, 2.75) is 36.9 Å². The van der Waals surface area contributed by atoms with Gasteiger partial charge < -0.3 is 17.0 Å². The van der Waals surface area contributed by atoms with Gasteiger partial charge in [-0.1, -0.05) is 45.5 Å². The number of alkyl halides is 1. The van der Waals surface area contributed by atoms with Crippen molar-refractivity contribution in [2.75, 3.05) is 11.1 Å². The fourth-order valence-corrected chi connectivity index (χ4v) is 7.59. The summed E-state index contributed by atoms with van der Waals surface area (Å²) in [6, 6.07) is 10.5. The van der Waals surface area contributed by atoms with E-state index in [2.05, 4.69) is 20.5 Å². The average molecular weight is 514 g/mol. The topological polar surface area (TPSA) is 25.9 Å². The second-order valence-electron chi connectivity index (χ2n) is 6.64. The quantitative estimate of drug-likeness (QED) is 0.293. The standard InChI is InChI=1S/C19H18BrN2OS2.BrH/c20-10-13-11-24-19-21(12-6-2-1-3-7-12)17(23)16-14-8-4-5-9-15(14)25-18(16)22(13)19;/h1-3,6-7,13H,4-5,8-11H2;1H/q+1;/p-1. The third-order valence-corrected chi connectivity index (χ3v) is 8.38. The first-order valence-electron chi connectivity index (χ1n) is 8.68. The molecule has 0 saturated carbocycles. The van der Waals surface area contributed by atoms with Crippen LogP contribution < -0.4 is 27.1 Å².